The van der Waals surface area contributed by atoms with Gasteiger partial charge in [0.05, 0.1) is 23.2 Å². The molecule has 36 heavy (non-hydrogen) atoms. The molecule has 4 fully saturated rings. The standard InChI is InChI=1S/C30H46O6/c1-16-8-11-30(24(34)35)13-12-27(5)17(21(30)29(16,7)36)14-18(31)22-26(4)15-19(32)23(33)25(2,3)20(26)9-10-28(22,27)6/h14,16,19-23,32-33,36H,8-13,15H2,1-7H3,(H,34,35)/t16-,19-,20-,21+,22-,23-,26+,27-,28-,29-,30+/m1/s1. The van der Waals surface area contributed by atoms with E-state index in [1.54, 1.807) is 13.0 Å². The number of carbonyl (C=O) groups excluding carboxylic acids is 1. The van der Waals surface area contributed by atoms with E-state index < -0.39 is 56.8 Å². The molecule has 0 aromatic rings. The molecule has 6 heteroatoms. The van der Waals surface area contributed by atoms with Gasteiger partial charge in [-0.25, -0.2) is 0 Å². The van der Waals surface area contributed by atoms with E-state index in [4.69, 9.17) is 0 Å². The number of aliphatic hydroxyl groups is 3. The Hall–Kier alpha value is -1.24. The van der Waals surface area contributed by atoms with Gasteiger partial charge in [0, 0.05) is 11.8 Å². The SMILES string of the molecule is C[C@@H]1CC[C@]2(C(=O)O)CC[C@]3(C)C(=CC(=O)[C@@H]4[C@@]5(C)C[C@@H](O)[C@@H](O)C(C)(C)[C@H]5CC[C@]43C)[C@H]2[C@]1(C)O. The summed E-state index contributed by atoms with van der Waals surface area (Å²) in [6, 6.07) is 0. The van der Waals surface area contributed by atoms with Gasteiger partial charge in [0.15, 0.2) is 5.78 Å². The van der Waals surface area contributed by atoms with Gasteiger partial charge in [-0.15, -0.1) is 0 Å². The maximum atomic E-state index is 14.3. The van der Waals surface area contributed by atoms with Gasteiger partial charge >= 0.3 is 5.97 Å². The Kier molecular flexibility index (Phi) is 5.45. The third kappa shape index (κ3) is 2.85. The first-order chi connectivity index (χ1) is 16.4. The lowest BCUT2D eigenvalue weighted by molar-refractivity contribution is -0.232. The maximum absolute atomic E-state index is 14.3. The number of aliphatic hydroxyl groups excluding tert-OH is 2. The summed E-state index contributed by atoms with van der Waals surface area (Å²) in [7, 11) is 0. The molecule has 0 radical (unpaired) electrons. The Morgan fingerprint density at radius 3 is 2.19 bits per heavy atom. The Labute approximate surface area is 215 Å². The number of carboxylic acids is 1. The Bertz CT molecular complexity index is 1030. The predicted molar refractivity (Wildman–Crippen MR) is 136 cm³/mol. The van der Waals surface area contributed by atoms with Crippen LogP contribution in [0.4, 0.5) is 0 Å². The Morgan fingerprint density at radius 2 is 1.58 bits per heavy atom. The maximum Gasteiger partial charge on any atom is 0.310 e. The van der Waals surface area contributed by atoms with Gasteiger partial charge in [0.1, 0.15) is 0 Å². The lowest BCUT2D eigenvalue weighted by Gasteiger charge is -2.71. The van der Waals surface area contributed by atoms with Gasteiger partial charge < -0.3 is 20.4 Å². The molecule has 202 valence electrons. The minimum Gasteiger partial charge on any atom is -0.481 e. The lowest BCUT2D eigenvalue weighted by Crippen LogP contribution is -2.70. The van der Waals surface area contributed by atoms with Crippen molar-refractivity contribution in [2.45, 2.75) is 111 Å². The molecule has 0 spiro atoms. The zero-order valence-corrected chi connectivity index (χ0v) is 23.1. The lowest BCUT2D eigenvalue weighted by atomic mass is 9.32. The van der Waals surface area contributed by atoms with Crippen molar-refractivity contribution in [2.24, 2.45) is 50.7 Å². The summed E-state index contributed by atoms with van der Waals surface area (Å²) in [5, 5.41) is 44.2. The van der Waals surface area contributed by atoms with Crippen molar-refractivity contribution in [3.63, 3.8) is 0 Å². The molecule has 0 saturated heterocycles. The number of carbonyl (C=O) groups is 2. The molecule has 0 aromatic carbocycles. The quantitative estimate of drug-likeness (QED) is 0.424. The number of hydrogen-bond acceptors (Lipinski definition) is 5. The van der Waals surface area contributed by atoms with Gasteiger partial charge in [-0.2, -0.15) is 0 Å². The van der Waals surface area contributed by atoms with Crippen LogP contribution in [-0.2, 0) is 9.59 Å². The molecule has 0 amide bonds. The minimum absolute atomic E-state index is 0.00628. The third-order valence-electron chi connectivity index (χ3n) is 13.2. The zero-order chi connectivity index (χ0) is 26.9. The summed E-state index contributed by atoms with van der Waals surface area (Å²) in [5.41, 5.74) is -3.31. The fourth-order valence-electron chi connectivity index (χ4n) is 10.8. The number of hydrogen-bond donors (Lipinski definition) is 4. The number of carboxylic acid groups (broad SMARTS) is 1. The van der Waals surface area contributed by atoms with Crippen molar-refractivity contribution in [1.29, 1.82) is 0 Å². The highest BCUT2D eigenvalue weighted by Gasteiger charge is 2.73. The molecule has 4 N–H and O–H groups in total. The molecule has 0 aromatic heterocycles. The smallest absolute Gasteiger partial charge is 0.310 e. The molecule has 5 aliphatic rings. The first kappa shape index (κ1) is 26.4. The van der Waals surface area contributed by atoms with Crippen LogP contribution in [0.15, 0.2) is 11.6 Å². The van der Waals surface area contributed by atoms with E-state index in [0.29, 0.717) is 32.1 Å². The van der Waals surface area contributed by atoms with Crippen LogP contribution >= 0.6 is 0 Å². The monoisotopic (exact) mass is 502 g/mol. The van der Waals surface area contributed by atoms with E-state index in [1.807, 2.05) is 20.8 Å². The van der Waals surface area contributed by atoms with Gasteiger partial charge in [-0.3, -0.25) is 9.59 Å². The molecule has 5 aliphatic carbocycles. The summed E-state index contributed by atoms with van der Waals surface area (Å²) in [5.74, 6) is -1.77. The highest BCUT2D eigenvalue weighted by atomic mass is 16.4. The molecular weight excluding hydrogens is 456 g/mol. The second kappa shape index (κ2) is 7.45. The summed E-state index contributed by atoms with van der Waals surface area (Å²) >= 11 is 0. The zero-order valence-electron chi connectivity index (χ0n) is 23.1. The molecule has 11 atom stereocenters. The van der Waals surface area contributed by atoms with E-state index in [9.17, 15) is 30.0 Å². The Balaban J connectivity index is 1.70. The number of aliphatic carboxylic acids is 1. The second-order valence-electron chi connectivity index (χ2n) is 14.9. The van der Waals surface area contributed by atoms with Gasteiger partial charge in [-0.1, -0.05) is 47.1 Å². The highest BCUT2D eigenvalue weighted by Crippen LogP contribution is 2.75. The number of ketones is 1. The normalized spacial score (nSPS) is 55.9. The van der Waals surface area contributed by atoms with Crippen molar-refractivity contribution in [3.05, 3.63) is 11.6 Å². The fourth-order valence-corrected chi connectivity index (χ4v) is 10.8. The van der Waals surface area contributed by atoms with E-state index in [2.05, 4.69) is 20.8 Å². The van der Waals surface area contributed by atoms with Crippen LogP contribution in [0.3, 0.4) is 0 Å². The van der Waals surface area contributed by atoms with Crippen LogP contribution in [0.2, 0.25) is 0 Å². The van der Waals surface area contributed by atoms with Crippen molar-refractivity contribution < 1.29 is 30.0 Å². The number of rotatable bonds is 1. The van der Waals surface area contributed by atoms with Crippen molar-refractivity contribution in [3.8, 4) is 0 Å². The molecule has 4 saturated carbocycles. The third-order valence-corrected chi connectivity index (χ3v) is 13.2. The molecule has 0 aliphatic heterocycles. The minimum atomic E-state index is -1.22. The van der Waals surface area contributed by atoms with Crippen molar-refractivity contribution in [2.75, 3.05) is 0 Å². The van der Waals surface area contributed by atoms with E-state index in [0.717, 1.165) is 18.4 Å². The van der Waals surface area contributed by atoms with Crippen molar-refractivity contribution >= 4 is 11.8 Å². The number of fused-ring (bicyclic) bond motifs is 7. The van der Waals surface area contributed by atoms with Crippen LogP contribution in [0, 0.1) is 50.7 Å². The average Bonchev–Trinajstić information content (AvgIpc) is 2.75. The molecule has 5 rings (SSSR count). The Morgan fingerprint density at radius 1 is 0.944 bits per heavy atom. The van der Waals surface area contributed by atoms with Crippen LogP contribution in [0.5, 0.6) is 0 Å². The largest absolute Gasteiger partial charge is 0.481 e. The fraction of sp³-hybridized carbons (Fsp3) is 0.867. The molecule has 0 heterocycles. The average molecular weight is 503 g/mol. The van der Waals surface area contributed by atoms with Gasteiger partial charge in [-0.05, 0) is 91.4 Å². The van der Waals surface area contributed by atoms with Gasteiger partial charge in [0.25, 0.3) is 0 Å². The molecular formula is C30H46O6. The molecule has 0 unspecified atom stereocenters. The number of allylic oxidation sites excluding steroid dienone is 1. The van der Waals surface area contributed by atoms with Gasteiger partial charge in [0.2, 0.25) is 0 Å². The molecule has 0 bridgehead atoms. The van der Waals surface area contributed by atoms with Crippen LogP contribution in [0.25, 0.3) is 0 Å². The summed E-state index contributed by atoms with van der Waals surface area (Å²) in [6.45, 7) is 14.4. The van der Waals surface area contributed by atoms with Crippen LogP contribution < -0.4 is 0 Å². The van der Waals surface area contributed by atoms with E-state index in [-0.39, 0.29) is 23.5 Å². The first-order valence-electron chi connectivity index (χ1n) is 14.0. The van der Waals surface area contributed by atoms with E-state index in [1.165, 1.54) is 0 Å². The summed E-state index contributed by atoms with van der Waals surface area (Å²) < 4.78 is 0. The second-order valence-corrected chi connectivity index (χ2v) is 14.9. The topological polar surface area (TPSA) is 115 Å². The summed E-state index contributed by atoms with van der Waals surface area (Å²) in [4.78, 5) is 27.1. The molecule has 6 nitrogen and oxygen atoms in total. The van der Waals surface area contributed by atoms with E-state index >= 15 is 0 Å². The van der Waals surface area contributed by atoms with Crippen molar-refractivity contribution in [1.82, 2.24) is 0 Å². The highest BCUT2D eigenvalue weighted by molar-refractivity contribution is 5.96. The summed E-state index contributed by atoms with van der Waals surface area (Å²) in [6.07, 6.45) is 4.38. The van der Waals surface area contributed by atoms with Crippen LogP contribution in [-0.4, -0.2) is 50.0 Å². The van der Waals surface area contributed by atoms with Crippen LogP contribution in [0.1, 0.15) is 93.4 Å². The predicted octanol–water partition coefficient (Wildman–Crippen LogP) is 4.35. The first-order valence-corrected chi connectivity index (χ1v) is 14.0.